The van der Waals surface area contributed by atoms with E-state index in [1.807, 2.05) is 74.5 Å². The molecule has 40 heavy (non-hydrogen) atoms. The molecule has 0 fully saturated rings. The molecular formula is C31H45N3O6. The molecule has 0 bridgehead atoms. The van der Waals surface area contributed by atoms with Crippen molar-refractivity contribution in [2.45, 2.75) is 90.1 Å². The molecule has 2 rings (SSSR count). The number of carbonyl (C=O) groups is 3. The Kier molecular flexibility index (Phi) is 12.6. The van der Waals surface area contributed by atoms with E-state index in [0.29, 0.717) is 0 Å². The first-order valence-corrected chi connectivity index (χ1v) is 13.8. The minimum Gasteiger partial charge on any atom is -0.444 e. The third-order valence-corrected chi connectivity index (χ3v) is 6.40. The second kappa shape index (κ2) is 15.4. The summed E-state index contributed by atoms with van der Waals surface area (Å²) < 4.78 is 5.46. The first kappa shape index (κ1) is 32.8. The molecule has 0 aliphatic carbocycles. The van der Waals surface area contributed by atoms with Gasteiger partial charge in [-0.2, -0.15) is 0 Å². The van der Waals surface area contributed by atoms with Gasteiger partial charge < -0.3 is 30.9 Å². The number of rotatable bonds is 14. The molecule has 4 atom stereocenters. The summed E-state index contributed by atoms with van der Waals surface area (Å²) >= 11 is 0. The van der Waals surface area contributed by atoms with Crippen molar-refractivity contribution in [2.24, 2.45) is 11.7 Å². The van der Waals surface area contributed by atoms with Gasteiger partial charge in [0.2, 0.25) is 11.8 Å². The normalized spacial score (nSPS) is 14.6. The highest BCUT2D eigenvalue weighted by Crippen LogP contribution is 2.24. The van der Waals surface area contributed by atoms with Crippen LogP contribution in [0.2, 0.25) is 0 Å². The third kappa shape index (κ3) is 10.6. The summed E-state index contributed by atoms with van der Waals surface area (Å²) in [5.74, 6) is -1.30. The van der Waals surface area contributed by atoms with Gasteiger partial charge in [0.25, 0.3) is 0 Å². The summed E-state index contributed by atoms with van der Waals surface area (Å²) in [6.45, 7) is 8.67. The minimum atomic E-state index is -1.16. The summed E-state index contributed by atoms with van der Waals surface area (Å²) in [4.78, 5) is 41.6. The molecule has 0 aliphatic heterocycles. The molecule has 0 heterocycles. The Bertz CT molecular complexity index is 1070. The first-order valence-electron chi connectivity index (χ1n) is 13.8. The van der Waals surface area contributed by atoms with Crippen molar-refractivity contribution in [1.82, 2.24) is 10.2 Å². The molecule has 220 valence electrons. The van der Waals surface area contributed by atoms with Gasteiger partial charge in [-0.05, 0) is 57.1 Å². The fourth-order valence-corrected chi connectivity index (χ4v) is 4.64. The molecule has 0 spiro atoms. The Morgan fingerprint density at radius 3 is 1.93 bits per heavy atom. The zero-order valence-corrected chi connectivity index (χ0v) is 24.2. The predicted molar refractivity (Wildman–Crippen MR) is 154 cm³/mol. The quantitative estimate of drug-likeness (QED) is 0.282. The molecule has 2 aromatic carbocycles. The van der Waals surface area contributed by atoms with Crippen molar-refractivity contribution in [3.8, 4) is 0 Å². The lowest BCUT2D eigenvalue weighted by atomic mass is 9.92. The maximum atomic E-state index is 14.5. The third-order valence-electron chi connectivity index (χ3n) is 6.40. The number of hydrogen-bond donors (Lipinski definition) is 4. The summed E-state index contributed by atoms with van der Waals surface area (Å²) in [5.41, 5.74) is 6.70. The Labute approximate surface area is 237 Å². The Balaban J connectivity index is 2.63. The Morgan fingerprint density at radius 1 is 0.950 bits per heavy atom. The van der Waals surface area contributed by atoms with Crippen LogP contribution in [0.3, 0.4) is 0 Å². The van der Waals surface area contributed by atoms with E-state index in [1.54, 1.807) is 20.8 Å². The lowest BCUT2D eigenvalue weighted by Crippen LogP contribution is -2.62. The van der Waals surface area contributed by atoms with Crippen LogP contribution in [0.25, 0.3) is 0 Å². The van der Waals surface area contributed by atoms with Gasteiger partial charge >= 0.3 is 6.09 Å². The van der Waals surface area contributed by atoms with Crippen molar-refractivity contribution in [2.75, 3.05) is 6.61 Å². The maximum absolute atomic E-state index is 14.5. The van der Waals surface area contributed by atoms with Gasteiger partial charge in [0.15, 0.2) is 0 Å². The molecule has 0 aromatic heterocycles. The standard InChI is InChI=1S/C31H45N3O6/c1-21(2)18-26(28(32)37)34(25(27(36)16-17-35)20-23-14-10-7-11-15-23)29(38)24(19-22-12-8-6-9-13-22)33-30(39)40-31(3,4)5/h6-15,21,24-27,35-36H,16-20H2,1-5H3,(H2,32,37)(H,33,39)/t24-,25-,26-,27-/m0/s1. The molecule has 0 unspecified atom stereocenters. The van der Waals surface area contributed by atoms with E-state index < -0.39 is 47.7 Å². The average molecular weight is 556 g/mol. The van der Waals surface area contributed by atoms with E-state index in [-0.39, 0.29) is 38.2 Å². The highest BCUT2D eigenvalue weighted by atomic mass is 16.6. The number of nitrogens with two attached hydrogens (primary N) is 1. The van der Waals surface area contributed by atoms with Crippen molar-refractivity contribution < 1.29 is 29.3 Å². The van der Waals surface area contributed by atoms with Gasteiger partial charge in [0, 0.05) is 13.0 Å². The van der Waals surface area contributed by atoms with E-state index in [1.165, 1.54) is 4.90 Å². The number of hydrogen-bond acceptors (Lipinski definition) is 6. The van der Waals surface area contributed by atoms with E-state index in [2.05, 4.69) is 5.32 Å². The number of aliphatic hydroxyl groups excluding tert-OH is 2. The largest absolute Gasteiger partial charge is 0.444 e. The number of alkyl carbamates (subject to hydrolysis) is 1. The Morgan fingerprint density at radius 2 is 1.48 bits per heavy atom. The van der Waals surface area contributed by atoms with Crippen LogP contribution in [0.15, 0.2) is 60.7 Å². The molecule has 0 aliphatic rings. The molecule has 2 aromatic rings. The van der Waals surface area contributed by atoms with Crippen molar-refractivity contribution in [3.05, 3.63) is 71.8 Å². The molecule has 0 saturated heterocycles. The fourth-order valence-electron chi connectivity index (χ4n) is 4.64. The van der Waals surface area contributed by atoms with Crippen molar-refractivity contribution >= 4 is 17.9 Å². The van der Waals surface area contributed by atoms with E-state index in [9.17, 15) is 24.6 Å². The molecule has 9 heteroatoms. The molecule has 5 N–H and O–H groups in total. The average Bonchev–Trinajstić information content (AvgIpc) is 2.87. The van der Waals surface area contributed by atoms with E-state index in [4.69, 9.17) is 10.5 Å². The van der Waals surface area contributed by atoms with Crippen LogP contribution < -0.4 is 11.1 Å². The van der Waals surface area contributed by atoms with Crippen molar-refractivity contribution in [3.63, 3.8) is 0 Å². The number of benzene rings is 2. The van der Waals surface area contributed by atoms with Gasteiger partial charge in [0.1, 0.15) is 17.7 Å². The van der Waals surface area contributed by atoms with Crippen LogP contribution in [0.1, 0.15) is 58.6 Å². The minimum absolute atomic E-state index is 0.00783. The number of aliphatic hydroxyl groups is 2. The second-order valence-electron chi connectivity index (χ2n) is 11.5. The number of nitrogens with one attached hydrogen (secondary N) is 1. The molecular weight excluding hydrogens is 510 g/mol. The van der Waals surface area contributed by atoms with Crippen LogP contribution in [0.4, 0.5) is 4.79 Å². The number of carbonyl (C=O) groups excluding carboxylic acids is 3. The lowest BCUT2D eigenvalue weighted by Gasteiger charge is -2.41. The summed E-state index contributed by atoms with van der Waals surface area (Å²) in [6, 6.07) is 15.4. The highest BCUT2D eigenvalue weighted by Gasteiger charge is 2.41. The zero-order chi connectivity index (χ0) is 29.9. The van der Waals surface area contributed by atoms with Crippen LogP contribution in [0, 0.1) is 5.92 Å². The second-order valence-corrected chi connectivity index (χ2v) is 11.5. The van der Waals surface area contributed by atoms with Crippen molar-refractivity contribution in [1.29, 1.82) is 0 Å². The molecule has 3 amide bonds. The van der Waals surface area contributed by atoms with Gasteiger partial charge in [-0.1, -0.05) is 74.5 Å². The number of nitrogens with zero attached hydrogens (tertiary/aromatic N) is 1. The fraction of sp³-hybridized carbons (Fsp3) is 0.516. The topological polar surface area (TPSA) is 142 Å². The van der Waals surface area contributed by atoms with Crippen LogP contribution in [0.5, 0.6) is 0 Å². The summed E-state index contributed by atoms with van der Waals surface area (Å²) in [7, 11) is 0. The van der Waals surface area contributed by atoms with Crippen LogP contribution in [-0.2, 0) is 27.2 Å². The first-order chi connectivity index (χ1) is 18.8. The monoisotopic (exact) mass is 555 g/mol. The van der Waals surface area contributed by atoms with E-state index in [0.717, 1.165) is 11.1 Å². The van der Waals surface area contributed by atoms with E-state index >= 15 is 0 Å². The van der Waals surface area contributed by atoms with Crippen LogP contribution in [-0.4, -0.2) is 69.5 Å². The smallest absolute Gasteiger partial charge is 0.408 e. The number of primary amides is 1. The van der Waals surface area contributed by atoms with Gasteiger partial charge in [-0.3, -0.25) is 9.59 Å². The molecule has 0 radical (unpaired) electrons. The Hall–Kier alpha value is -3.43. The molecule has 0 saturated carbocycles. The predicted octanol–water partition coefficient (Wildman–Crippen LogP) is 3.21. The number of amides is 3. The maximum Gasteiger partial charge on any atom is 0.408 e. The highest BCUT2D eigenvalue weighted by molar-refractivity contribution is 5.91. The summed E-state index contributed by atoms with van der Waals surface area (Å²) in [5, 5.41) is 23.6. The van der Waals surface area contributed by atoms with Gasteiger partial charge in [0.05, 0.1) is 12.1 Å². The summed E-state index contributed by atoms with van der Waals surface area (Å²) in [6.07, 6.45) is -1.38. The van der Waals surface area contributed by atoms with Crippen LogP contribution >= 0.6 is 0 Å². The number of ether oxygens (including phenoxy) is 1. The SMILES string of the molecule is CC(C)C[C@@H](C(N)=O)N(C(=O)[C@H](Cc1ccccc1)NC(=O)OC(C)(C)C)[C@@H](Cc1ccccc1)[C@@H](O)CCO. The van der Waals surface area contributed by atoms with Gasteiger partial charge in [-0.25, -0.2) is 4.79 Å². The lowest BCUT2D eigenvalue weighted by molar-refractivity contribution is -0.148. The zero-order valence-electron chi connectivity index (χ0n) is 24.2. The van der Waals surface area contributed by atoms with Gasteiger partial charge in [-0.15, -0.1) is 0 Å². The molecule has 9 nitrogen and oxygen atoms in total.